The van der Waals surface area contributed by atoms with Crippen LogP contribution in [0.2, 0.25) is 0 Å². The van der Waals surface area contributed by atoms with Crippen LogP contribution in [0.4, 0.5) is 0 Å². The molecule has 0 bridgehead atoms. The van der Waals surface area contributed by atoms with Crippen LogP contribution in [0.15, 0.2) is 24.0 Å². The van der Waals surface area contributed by atoms with E-state index in [1.54, 1.807) is 0 Å². The quantitative estimate of drug-likeness (QED) is 0.634. The van der Waals surface area contributed by atoms with E-state index in [1.165, 1.54) is 18.8 Å². The minimum Gasteiger partial charge on any atom is -0.375 e. The maximum Gasteiger partial charge on any atom is 0.0569 e. The molecule has 84 valence electrons. The van der Waals surface area contributed by atoms with Gasteiger partial charge < -0.3 is 14.7 Å². The molecule has 3 nitrogen and oxygen atoms in total. The monoisotopic (exact) mass is 207 g/mol. The van der Waals surface area contributed by atoms with Gasteiger partial charge in [0.2, 0.25) is 0 Å². The molecule has 1 atom stereocenters. The van der Waals surface area contributed by atoms with E-state index in [2.05, 4.69) is 54.1 Å². The third kappa shape index (κ3) is 2.34. The Hall–Kier alpha value is -0.960. The van der Waals surface area contributed by atoms with Gasteiger partial charge in [0.15, 0.2) is 0 Å². The van der Waals surface area contributed by atoms with E-state index in [4.69, 9.17) is 0 Å². The highest BCUT2D eigenvalue weighted by Crippen LogP contribution is 2.17. The van der Waals surface area contributed by atoms with Crippen LogP contribution in [0, 0.1) is 0 Å². The topological polar surface area (TPSA) is 9.72 Å². The number of hydrogen-bond donors (Lipinski definition) is 0. The van der Waals surface area contributed by atoms with Gasteiger partial charge in [0, 0.05) is 38.4 Å². The Morgan fingerprint density at radius 1 is 1.27 bits per heavy atom. The second-order valence-corrected chi connectivity index (χ2v) is 4.72. The maximum absolute atomic E-state index is 2.54. The molecule has 1 saturated heterocycles. The highest BCUT2D eigenvalue weighted by atomic mass is 15.3. The summed E-state index contributed by atoms with van der Waals surface area (Å²) >= 11 is 0. The number of nitrogens with zero attached hydrogens (tertiary/aromatic N) is 3. The summed E-state index contributed by atoms with van der Waals surface area (Å²) in [6.45, 7) is 6.87. The molecular weight excluding hydrogens is 186 g/mol. The van der Waals surface area contributed by atoms with Gasteiger partial charge in [-0.2, -0.15) is 0 Å². The SMILES string of the molecule is CC1CN(C)CCN1C1=CC=CN(C)C1. The summed E-state index contributed by atoms with van der Waals surface area (Å²) < 4.78 is 0. The summed E-state index contributed by atoms with van der Waals surface area (Å²) in [4.78, 5) is 7.18. The maximum atomic E-state index is 2.54. The molecule has 0 amide bonds. The summed E-state index contributed by atoms with van der Waals surface area (Å²) in [6, 6.07) is 0.634. The highest BCUT2D eigenvalue weighted by molar-refractivity contribution is 5.19. The minimum absolute atomic E-state index is 0.634. The van der Waals surface area contributed by atoms with Gasteiger partial charge in [-0.3, -0.25) is 0 Å². The normalized spacial score (nSPS) is 28.2. The fourth-order valence-corrected chi connectivity index (χ4v) is 2.41. The second-order valence-electron chi connectivity index (χ2n) is 4.72. The third-order valence-electron chi connectivity index (χ3n) is 3.24. The van der Waals surface area contributed by atoms with Crippen molar-refractivity contribution in [3.05, 3.63) is 24.0 Å². The molecule has 1 fully saturated rings. The molecule has 0 aromatic heterocycles. The molecule has 3 heteroatoms. The molecule has 0 aromatic rings. The Balaban J connectivity index is 2.04. The van der Waals surface area contributed by atoms with Crippen LogP contribution >= 0.6 is 0 Å². The average molecular weight is 207 g/mol. The van der Waals surface area contributed by atoms with Gasteiger partial charge in [-0.15, -0.1) is 0 Å². The van der Waals surface area contributed by atoms with Crippen LogP contribution in [-0.4, -0.2) is 61.0 Å². The molecule has 0 aromatic carbocycles. The first-order valence-corrected chi connectivity index (χ1v) is 5.69. The standard InChI is InChI=1S/C12H21N3/c1-11-9-14(3)7-8-15(11)12-5-4-6-13(2)10-12/h4-6,11H,7-10H2,1-3H3. The predicted molar refractivity (Wildman–Crippen MR) is 63.5 cm³/mol. The van der Waals surface area contributed by atoms with Crippen molar-refractivity contribution in [3.63, 3.8) is 0 Å². The Labute approximate surface area is 92.6 Å². The first kappa shape index (κ1) is 10.6. The van der Waals surface area contributed by atoms with Crippen LogP contribution in [0.25, 0.3) is 0 Å². The molecular formula is C12H21N3. The first-order valence-electron chi connectivity index (χ1n) is 5.69. The number of piperazine rings is 1. The fourth-order valence-electron chi connectivity index (χ4n) is 2.41. The largest absolute Gasteiger partial charge is 0.375 e. The number of rotatable bonds is 1. The lowest BCUT2D eigenvalue weighted by Gasteiger charge is -2.42. The third-order valence-corrected chi connectivity index (χ3v) is 3.24. The van der Waals surface area contributed by atoms with Gasteiger partial charge in [0.05, 0.1) is 6.54 Å². The molecule has 0 aliphatic carbocycles. The van der Waals surface area contributed by atoms with Crippen LogP contribution < -0.4 is 0 Å². The van der Waals surface area contributed by atoms with Gasteiger partial charge in [0.1, 0.15) is 0 Å². The Kier molecular flexibility index (Phi) is 3.00. The van der Waals surface area contributed by atoms with Gasteiger partial charge in [-0.25, -0.2) is 0 Å². The van der Waals surface area contributed by atoms with Crippen molar-refractivity contribution in [2.45, 2.75) is 13.0 Å². The second kappa shape index (κ2) is 4.27. The zero-order chi connectivity index (χ0) is 10.8. The van der Waals surface area contributed by atoms with Crippen molar-refractivity contribution in [1.82, 2.24) is 14.7 Å². The van der Waals surface area contributed by atoms with Crippen LogP contribution in [0.1, 0.15) is 6.92 Å². The molecule has 15 heavy (non-hydrogen) atoms. The van der Waals surface area contributed by atoms with E-state index in [1.807, 2.05) is 0 Å². The van der Waals surface area contributed by atoms with Crippen molar-refractivity contribution in [2.24, 2.45) is 0 Å². The zero-order valence-electron chi connectivity index (χ0n) is 9.98. The van der Waals surface area contributed by atoms with Gasteiger partial charge in [-0.05, 0) is 32.3 Å². The molecule has 2 aliphatic rings. The molecule has 2 aliphatic heterocycles. The van der Waals surface area contributed by atoms with E-state index >= 15 is 0 Å². The lowest BCUT2D eigenvalue weighted by Crippen LogP contribution is -2.51. The summed E-state index contributed by atoms with van der Waals surface area (Å²) in [7, 11) is 4.33. The Morgan fingerprint density at radius 3 is 2.73 bits per heavy atom. The van der Waals surface area contributed by atoms with E-state index in [9.17, 15) is 0 Å². The lowest BCUT2D eigenvalue weighted by molar-refractivity contribution is 0.124. The molecule has 0 radical (unpaired) electrons. The average Bonchev–Trinajstić information content (AvgIpc) is 2.17. The fraction of sp³-hybridized carbons (Fsp3) is 0.667. The highest BCUT2D eigenvalue weighted by Gasteiger charge is 2.23. The molecule has 0 saturated carbocycles. The van der Waals surface area contributed by atoms with Crippen LogP contribution in [-0.2, 0) is 0 Å². The van der Waals surface area contributed by atoms with Crippen LogP contribution in [0.3, 0.4) is 0 Å². The smallest absolute Gasteiger partial charge is 0.0569 e. The molecule has 2 rings (SSSR count). The van der Waals surface area contributed by atoms with Gasteiger partial charge in [-0.1, -0.05) is 0 Å². The van der Waals surface area contributed by atoms with Crippen molar-refractivity contribution in [3.8, 4) is 0 Å². The lowest BCUT2D eigenvalue weighted by atomic mass is 10.1. The van der Waals surface area contributed by atoms with Crippen LogP contribution in [0.5, 0.6) is 0 Å². The van der Waals surface area contributed by atoms with Crippen molar-refractivity contribution < 1.29 is 0 Å². The summed E-state index contributed by atoms with van der Waals surface area (Å²) in [5.74, 6) is 0. The minimum atomic E-state index is 0.634. The van der Waals surface area contributed by atoms with E-state index < -0.39 is 0 Å². The van der Waals surface area contributed by atoms with E-state index in [0.29, 0.717) is 6.04 Å². The predicted octanol–water partition coefficient (Wildman–Crippen LogP) is 0.965. The van der Waals surface area contributed by atoms with E-state index in [-0.39, 0.29) is 0 Å². The summed E-state index contributed by atoms with van der Waals surface area (Å²) in [5.41, 5.74) is 1.46. The van der Waals surface area contributed by atoms with Gasteiger partial charge in [0.25, 0.3) is 0 Å². The van der Waals surface area contributed by atoms with Crippen molar-refractivity contribution in [1.29, 1.82) is 0 Å². The van der Waals surface area contributed by atoms with Gasteiger partial charge >= 0.3 is 0 Å². The Bertz CT molecular complexity index is 283. The Morgan fingerprint density at radius 2 is 2.07 bits per heavy atom. The summed E-state index contributed by atoms with van der Waals surface area (Å²) in [5, 5.41) is 0. The van der Waals surface area contributed by atoms with Crippen molar-refractivity contribution in [2.75, 3.05) is 40.3 Å². The van der Waals surface area contributed by atoms with E-state index in [0.717, 1.165) is 13.1 Å². The number of likely N-dealkylation sites (N-methyl/N-ethyl adjacent to an activating group) is 2. The molecule has 2 heterocycles. The summed E-state index contributed by atoms with van der Waals surface area (Å²) in [6.07, 6.45) is 6.52. The molecule has 0 spiro atoms. The first-order chi connectivity index (χ1) is 7.16. The number of hydrogen-bond acceptors (Lipinski definition) is 3. The van der Waals surface area contributed by atoms with Crippen molar-refractivity contribution >= 4 is 0 Å². The number of allylic oxidation sites excluding steroid dienone is 2. The zero-order valence-corrected chi connectivity index (χ0v) is 9.98. The molecule has 0 N–H and O–H groups in total. The molecule has 1 unspecified atom stereocenters.